The molecule has 1 unspecified atom stereocenters. The minimum absolute atomic E-state index is 0.0138. The molecule has 1 saturated heterocycles. The molecule has 2 rings (SSSR count). The number of amides is 1. The van der Waals surface area contributed by atoms with Crippen LogP contribution < -0.4 is 5.32 Å². The molecule has 1 fully saturated rings. The molecule has 0 aromatic carbocycles. The monoisotopic (exact) mass is 293 g/mol. The van der Waals surface area contributed by atoms with Gasteiger partial charge in [0, 0.05) is 18.8 Å². The molecule has 1 aliphatic heterocycles. The van der Waals surface area contributed by atoms with Gasteiger partial charge in [0.2, 0.25) is 0 Å². The average Bonchev–Trinajstić information content (AvgIpc) is 3.02. The van der Waals surface area contributed by atoms with Crippen molar-refractivity contribution in [1.82, 2.24) is 15.2 Å². The Labute approximate surface area is 125 Å². The molecule has 1 N–H and O–H groups in total. The fourth-order valence-electron chi connectivity index (χ4n) is 2.67. The second-order valence-electron chi connectivity index (χ2n) is 5.08. The molecular formula is C15H23N3OS. The number of hydrogen-bond acceptors (Lipinski definition) is 4. The summed E-state index contributed by atoms with van der Waals surface area (Å²) in [5.74, 6) is -0.0138. The predicted molar refractivity (Wildman–Crippen MR) is 83.2 cm³/mol. The van der Waals surface area contributed by atoms with Gasteiger partial charge < -0.3 is 5.32 Å². The maximum atomic E-state index is 12.3. The summed E-state index contributed by atoms with van der Waals surface area (Å²) in [6, 6.07) is 4.10. The fourth-order valence-corrected chi connectivity index (χ4v) is 3.22. The second kappa shape index (κ2) is 7.64. The van der Waals surface area contributed by atoms with Gasteiger partial charge in [-0.2, -0.15) is 0 Å². The van der Waals surface area contributed by atoms with Gasteiger partial charge in [-0.1, -0.05) is 6.92 Å². The van der Waals surface area contributed by atoms with Crippen LogP contribution in [0.3, 0.4) is 0 Å². The summed E-state index contributed by atoms with van der Waals surface area (Å²) in [6.07, 6.45) is 7.30. The van der Waals surface area contributed by atoms with Crippen LogP contribution in [0.2, 0.25) is 0 Å². The molecule has 5 heteroatoms. The van der Waals surface area contributed by atoms with Crippen LogP contribution in [0.25, 0.3) is 0 Å². The minimum atomic E-state index is -0.0138. The number of nitrogens with zero attached hydrogens (tertiary/aromatic N) is 2. The quantitative estimate of drug-likeness (QED) is 0.818. The van der Waals surface area contributed by atoms with Gasteiger partial charge in [0.25, 0.3) is 5.91 Å². The van der Waals surface area contributed by atoms with Crippen LogP contribution in [0.1, 0.15) is 36.5 Å². The maximum absolute atomic E-state index is 12.3. The van der Waals surface area contributed by atoms with Crippen LogP contribution in [0.4, 0.5) is 0 Å². The highest BCUT2D eigenvalue weighted by Gasteiger charge is 2.21. The van der Waals surface area contributed by atoms with Gasteiger partial charge in [-0.3, -0.25) is 9.69 Å². The van der Waals surface area contributed by atoms with Gasteiger partial charge in [-0.25, -0.2) is 4.98 Å². The molecule has 1 aromatic rings. The van der Waals surface area contributed by atoms with Crippen molar-refractivity contribution >= 4 is 17.7 Å². The van der Waals surface area contributed by atoms with E-state index in [0.717, 1.165) is 31.1 Å². The van der Waals surface area contributed by atoms with Crippen LogP contribution in [0, 0.1) is 0 Å². The number of aromatic nitrogens is 1. The van der Waals surface area contributed by atoms with E-state index in [2.05, 4.69) is 22.1 Å². The van der Waals surface area contributed by atoms with E-state index in [9.17, 15) is 4.79 Å². The van der Waals surface area contributed by atoms with Crippen molar-refractivity contribution in [2.75, 3.05) is 25.9 Å². The maximum Gasteiger partial charge on any atom is 0.254 e. The summed E-state index contributed by atoms with van der Waals surface area (Å²) >= 11 is 1.51. The van der Waals surface area contributed by atoms with E-state index in [4.69, 9.17) is 0 Å². The number of carbonyl (C=O) groups is 1. The lowest BCUT2D eigenvalue weighted by Crippen LogP contribution is -2.42. The SMILES string of the molecule is CCC(CNC(=O)c1cccnc1SC)N1CCCC1. The first kappa shape index (κ1) is 15.3. The number of carbonyl (C=O) groups excluding carboxylic acids is 1. The Bertz CT molecular complexity index is 446. The molecular weight excluding hydrogens is 270 g/mol. The Balaban J connectivity index is 1.93. The molecule has 110 valence electrons. The zero-order valence-electron chi connectivity index (χ0n) is 12.3. The Morgan fingerprint density at radius 2 is 2.25 bits per heavy atom. The molecule has 20 heavy (non-hydrogen) atoms. The minimum Gasteiger partial charge on any atom is -0.350 e. The summed E-state index contributed by atoms with van der Waals surface area (Å²) in [7, 11) is 0. The molecule has 1 aliphatic rings. The van der Waals surface area contributed by atoms with Crippen LogP contribution in [0.5, 0.6) is 0 Å². The predicted octanol–water partition coefficient (Wildman–Crippen LogP) is 2.41. The number of pyridine rings is 1. The van der Waals surface area contributed by atoms with E-state index >= 15 is 0 Å². The van der Waals surface area contributed by atoms with Gasteiger partial charge in [-0.05, 0) is 50.7 Å². The number of nitrogens with one attached hydrogen (secondary N) is 1. The lowest BCUT2D eigenvalue weighted by Gasteiger charge is -2.26. The van der Waals surface area contributed by atoms with Crippen molar-refractivity contribution in [2.45, 2.75) is 37.3 Å². The molecule has 1 aromatic heterocycles. The van der Waals surface area contributed by atoms with E-state index in [0.29, 0.717) is 11.6 Å². The van der Waals surface area contributed by atoms with Gasteiger partial charge in [-0.15, -0.1) is 11.8 Å². The highest BCUT2D eigenvalue weighted by Crippen LogP contribution is 2.17. The zero-order valence-corrected chi connectivity index (χ0v) is 13.1. The van der Waals surface area contributed by atoms with Crippen molar-refractivity contribution in [1.29, 1.82) is 0 Å². The molecule has 0 aliphatic carbocycles. The van der Waals surface area contributed by atoms with Crippen molar-refractivity contribution in [3.05, 3.63) is 23.9 Å². The standard InChI is InChI=1S/C15H23N3OS/c1-3-12(18-9-4-5-10-18)11-17-14(19)13-7-6-8-16-15(13)20-2/h6-8,12H,3-5,9-11H2,1-2H3,(H,17,19). The van der Waals surface area contributed by atoms with Crippen LogP contribution in [0.15, 0.2) is 23.4 Å². The fraction of sp³-hybridized carbons (Fsp3) is 0.600. The summed E-state index contributed by atoms with van der Waals surface area (Å²) < 4.78 is 0. The van der Waals surface area contributed by atoms with Gasteiger partial charge in [0.05, 0.1) is 5.56 Å². The van der Waals surface area contributed by atoms with E-state index in [1.54, 1.807) is 6.20 Å². The summed E-state index contributed by atoms with van der Waals surface area (Å²) in [5, 5.41) is 3.86. The van der Waals surface area contributed by atoms with Crippen molar-refractivity contribution in [2.24, 2.45) is 0 Å². The Kier molecular flexibility index (Phi) is 5.86. The third-order valence-electron chi connectivity index (χ3n) is 3.84. The molecule has 0 radical (unpaired) electrons. The molecule has 1 atom stereocenters. The van der Waals surface area contributed by atoms with Crippen LogP contribution in [-0.4, -0.2) is 47.7 Å². The lowest BCUT2D eigenvalue weighted by atomic mass is 10.2. The third kappa shape index (κ3) is 3.73. The van der Waals surface area contributed by atoms with Crippen LogP contribution in [-0.2, 0) is 0 Å². The molecule has 0 bridgehead atoms. The van der Waals surface area contributed by atoms with Crippen LogP contribution >= 0.6 is 11.8 Å². The van der Waals surface area contributed by atoms with E-state index in [-0.39, 0.29) is 5.91 Å². The number of thioether (sulfide) groups is 1. The Morgan fingerprint density at radius 3 is 2.90 bits per heavy atom. The van der Waals surface area contributed by atoms with Crippen molar-refractivity contribution in [3.8, 4) is 0 Å². The third-order valence-corrected chi connectivity index (χ3v) is 4.55. The smallest absolute Gasteiger partial charge is 0.254 e. The second-order valence-corrected chi connectivity index (χ2v) is 5.87. The normalized spacial score (nSPS) is 17.1. The largest absolute Gasteiger partial charge is 0.350 e. The molecule has 2 heterocycles. The van der Waals surface area contributed by atoms with Crippen molar-refractivity contribution in [3.63, 3.8) is 0 Å². The Morgan fingerprint density at radius 1 is 1.50 bits per heavy atom. The number of likely N-dealkylation sites (tertiary alicyclic amines) is 1. The van der Waals surface area contributed by atoms with E-state index < -0.39 is 0 Å². The number of rotatable bonds is 6. The summed E-state index contributed by atoms with van der Waals surface area (Å²) in [6.45, 7) is 5.24. The molecule has 4 nitrogen and oxygen atoms in total. The molecule has 0 spiro atoms. The van der Waals surface area contributed by atoms with E-state index in [1.165, 1.54) is 24.6 Å². The van der Waals surface area contributed by atoms with Gasteiger partial charge >= 0.3 is 0 Å². The zero-order chi connectivity index (χ0) is 14.4. The molecule has 1 amide bonds. The highest BCUT2D eigenvalue weighted by molar-refractivity contribution is 7.98. The number of hydrogen-bond donors (Lipinski definition) is 1. The summed E-state index contributed by atoms with van der Waals surface area (Å²) in [4.78, 5) is 19.0. The van der Waals surface area contributed by atoms with Gasteiger partial charge in [0.1, 0.15) is 5.03 Å². The van der Waals surface area contributed by atoms with Gasteiger partial charge in [0.15, 0.2) is 0 Å². The van der Waals surface area contributed by atoms with Crippen molar-refractivity contribution < 1.29 is 4.79 Å². The highest BCUT2D eigenvalue weighted by atomic mass is 32.2. The molecule has 0 saturated carbocycles. The summed E-state index contributed by atoms with van der Waals surface area (Å²) in [5.41, 5.74) is 0.677. The Hall–Kier alpha value is -1.07. The first-order valence-corrected chi connectivity index (χ1v) is 8.50. The first-order chi connectivity index (χ1) is 9.76. The van der Waals surface area contributed by atoms with E-state index in [1.807, 2.05) is 18.4 Å². The first-order valence-electron chi connectivity index (χ1n) is 7.27. The lowest BCUT2D eigenvalue weighted by molar-refractivity contribution is 0.0933. The topological polar surface area (TPSA) is 45.2 Å². The average molecular weight is 293 g/mol.